The van der Waals surface area contributed by atoms with Crippen molar-refractivity contribution in [3.63, 3.8) is 0 Å². The molecule has 0 aromatic heterocycles. The number of carbonyl (C=O) groups excluding carboxylic acids is 4. The summed E-state index contributed by atoms with van der Waals surface area (Å²) in [5.74, 6) is -0.549. The Bertz CT molecular complexity index is 1570. The first kappa shape index (κ1) is 28.6. The minimum atomic E-state index is -0.796. The van der Waals surface area contributed by atoms with Gasteiger partial charge in [0.2, 0.25) is 0 Å². The number of nitrogens with zero attached hydrogens (tertiary/aromatic N) is 2. The van der Waals surface area contributed by atoms with E-state index in [9.17, 15) is 19.2 Å². The molecule has 2 heterocycles. The fraction of sp³-hybridized carbons (Fsp3) is 0.273. The summed E-state index contributed by atoms with van der Waals surface area (Å²) in [4.78, 5) is 54.1. The normalized spacial score (nSPS) is 16.5. The number of ether oxygens (including phenoxy) is 2. The van der Waals surface area contributed by atoms with E-state index in [2.05, 4.69) is 5.32 Å². The maximum absolute atomic E-state index is 13.3. The lowest BCUT2D eigenvalue weighted by Gasteiger charge is -2.27. The zero-order valence-corrected chi connectivity index (χ0v) is 23.9. The van der Waals surface area contributed by atoms with Crippen molar-refractivity contribution < 1.29 is 28.7 Å². The molecule has 2 saturated heterocycles. The number of anilines is 1. The number of likely N-dealkylation sites (tertiary alicyclic amines) is 1. The first-order valence-electron chi connectivity index (χ1n) is 13.9. The van der Waals surface area contributed by atoms with Crippen molar-refractivity contribution in [3.05, 3.63) is 94.1 Å². The molecule has 0 saturated carbocycles. The Morgan fingerprint density at radius 2 is 1.62 bits per heavy atom. The maximum atomic E-state index is 13.3. The lowest BCUT2D eigenvalue weighted by atomic mass is 10.0. The van der Waals surface area contributed by atoms with Crippen LogP contribution >= 0.6 is 0 Å². The van der Waals surface area contributed by atoms with Crippen LogP contribution in [0.4, 0.5) is 10.5 Å². The first-order valence-corrected chi connectivity index (χ1v) is 13.9. The standard InChI is InChI=1S/C33H33N3O6/c1-21-7-13-26(17-22(21)2)36-32(39)27(30(37)34-33(36)40)18-24-10-14-28(29(19-24)41-3)42-20-23-8-11-25(12-9-23)31(38)35-15-5-4-6-16-35/h7-14,17-19H,4-6,15-16,20H2,1-3H3,(H,34,37,40)/b27-18+. The SMILES string of the molecule is COc1cc(/C=C2\C(=O)NC(=O)N(c3ccc(C)c(C)c3)C2=O)ccc1OCc1ccc(C(=O)N2CCCCC2)cc1. The molecule has 0 aliphatic carbocycles. The zero-order chi connectivity index (χ0) is 29.8. The highest BCUT2D eigenvalue weighted by Gasteiger charge is 2.37. The molecule has 0 atom stereocenters. The summed E-state index contributed by atoms with van der Waals surface area (Å²) >= 11 is 0. The van der Waals surface area contributed by atoms with Crippen molar-refractivity contribution in [3.8, 4) is 11.5 Å². The molecule has 9 heteroatoms. The highest BCUT2D eigenvalue weighted by molar-refractivity contribution is 6.39. The van der Waals surface area contributed by atoms with Crippen LogP contribution in [-0.4, -0.2) is 48.9 Å². The van der Waals surface area contributed by atoms with Crippen LogP contribution in [0, 0.1) is 13.8 Å². The second-order valence-corrected chi connectivity index (χ2v) is 10.5. The highest BCUT2D eigenvalue weighted by Crippen LogP contribution is 2.31. The van der Waals surface area contributed by atoms with Gasteiger partial charge in [-0.1, -0.05) is 24.3 Å². The molecule has 5 amide bonds. The van der Waals surface area contributed by atoms with Crippen molar-refractivity contribution in [2.24, 2.45) is 0 Å². The quantitative estimate of drug-likeness (QED) is 0.312. The van der Waals surface area contributed by atoms with Crippen molar-refractivity contribution >= 4 is 35.5 Å². The molecule has 9 nitrogen and oxygen atoms in total. The molecule has 42 heavy (non-hydrogen) atoms. The second kappa shape index (κ2) is 12.3. The topological polar surface area (TPSA) is 105 Å². The van der Waals surface area contributed by atoms with Crippen LogP contribution < -0.4 is 19.7 Å². The van der Waals surface area contributed by atoms with Crippen LogP contribution in [0.15, 0.2) is 66.2 Å². The third-order valence-electron chi connectivity index (χ3n) is 7.59. The van der Waals surface area contributed by atoms with Crippen LogP contribution in [0.25, 0.3) is 6.08 Å². The van der Waals surface area contributed by atoms with Crippen LogP contribution in [0.1, 0.15) is 51.9 Å². The minimum absolute atomic E-state index is 0.0557. The molecule has 0 unspecified atom stereocenters. The molecular weight excluding hydrogens is 534 g/mol. The molecule has 216 valence electrons. The number of aryl methyl sites for hydroxylation is 2. The van der Waals surface area contributed by atoms with E-state index in [0.29, 0.717) is 28.3 Å². The minimum Gasteiger partial charge on any atom is -0.493 e. The fourth-order valence-electron chi connectivity index (χ4n) is 5.00. The van der Waals surface area contributed by atoms with E-state index in [-0.39, 0.29) is 18.1 Å². The second-order valence-electron chi connectivity index (χ2n) is 10.5. The van der Waals surface area contributed by atoms with E-state index in [0.717, 1.165) is 47.5 Å². The van der Waals surface area contributed by atoms with E-state index in [1.165, 1.54) is 19.6 Å². The number of benzene rings is 3. The third kappa shape index (κ3) is 6.05. The number of nitrogens with one attached hydrogen (secondary N) is 1. The Balaban J connectivity index is 1.29. The molecule has 2 fully saturated rings. The van der Waals surface area contributed by atoms with Crippen molar-refractivity contribution in [2.75, 3.05) is 25.1 Å². The molecule has 3 aromatic carbocycles. The predicted molar refractivity (Wildman–Crippen MR) is 158 cm³/mol. The van der Waals surface area contributed by atoms with Crippen molar-refractivity contribution in [2.45, 2.75) is 39.7 Å². The number of urea groups is 1. The number of methoxy groups -OCH3 is 1. The zero-order valence-electron chi connectivity index (χ0n) is 23.9. The van der Waals surface area contributed by atoms with Gasteiger partial charge in [-0.3, -0.25) is 19.7 Å². The Morgan fingerprint density at radius 1 is 0.881 bits per heavy atom. The predicted octanol–water partition coefficient (Wildman–Crippen LogP) is 5.18. The molecule has 5 rings (SSSR count). The molecule has 1 N–H and O–H groups in total. The summed E-state index contributed by atoms with van der Waals surface area (Å²) in [5, 5.41) is 2.25. The average Bonchev–Trinajstić information content (AvgIpc) is 3.00. The van der Waals surface area contributed by atoms with E-state index in [1.54, 1.807) is 30.3 Å². The number of barbiturate groups is 1. The van der Waals surface area contributed by atoms with Gasteiger partial charge in [0.1, 0.15) is 12.2 Å². The van der Waals surface area contributed by atoms with Gasteiger partial charge in [0.05, 0.1) is 12.8 Å². The number of rotatable bonds is 7. The Labute approximate surface area is 244 Å². The summed E-state index contributed by atoms with van der Waals surface area (Å²) in [5.41, 5.74) is 4.20. The van der Waals surface area contributed by atoms with E-state index >= 15 is 0 Å². The van der Waals surface area contributed by atoms with Crippen molar-refractivity contribution in [1.82, 2.24) is 10.2 Å². The number of hydrogen-bond acceptors (Lipinski definition) is 6. The van der Waals surface area contributed by atoms with Gasteiger partial charge in [0, 0.05) is 18.7 Å². The van der Waals surface area contributed by atoms with Crippen LogP contribution in [0.3, 0.4) is 0 Å². The van der Waals surface area contributed by atoms with Gasteiger partial charge >= 0.3 is 6.03 Å². The monoisotopic (exact) mass is 567 g/mol. The largest absolute Gasteiger partial charge is 0.493 e. The molecule has 2 aliphatic heterocycles. The number of amides is 5. The lowest BCUT2D eigenvalue weighted by Crippen LogP contribution is -2.54. The van der Waals surface area contributed by atoms with Crippen LogP contribution in [-0.2, 0) is 16.2 Å². The van der Waals surface area contributed by atoms with Gasteiger partial charge in [-0.15, -0.1) is 0 Å². The van der Waals surface area contributed by atoms with Gasteiger partial charge < -0.3 is 14.4 Å². The maximum Gasteiger partial charge on any atom is 0.335 e. The fourth-order valence-corrected chi connectivity index (χ4v) is 5.00. The molecule has 0 bridgehead atoms. The van der Waals surface area contributed by atoms with Crippen molar-refractivity contribution in [1.29, 1.82) is 0 Å². The summed E-state index contributed by atoms with van der Waals surface area (Å²) < 4.78 is 11.5. The molecule has 0 spiro atoms. The van der Waals surface area contributed by atoms with Gasteiger partial charge in [0.15, 0.2) is 11.5 Å². The van der Waals surface area contributed by atoms with Gasteiger partial charge in [0.25, 0.3) is 17.7 Å². The number of piperidine rings is 1. The van der Waals surface area contributed by atoms with E-state index in [4.69, 9.17) is 9.47 Å². The highest BCUT2D eigenvalue weighted by atomic mass is 16.5. The number of imide groups is 2. The molecular formula is C33H33N3O6. The van der Waals surface area contributed by atoms with Crippen LogP contribution in [0.5, 0.6) is 11.5 Å². The lowest BCUT2D eigenvalue weighted by molar-refractivity contribution is -0.122. The van der Waals surface area contributed by atoms with E-state index in [1.807, 2.05) is 49.1 Å². The Morgan fingerprint density at radius 3 is 2.31 bits per heavy atom. The van der Waals surface area contributed by atoms with Gasteiger partial charge in [-0.2, -0.15) is 0 Å². The summed E-state index contributed by atoms with van der Waals surface area (Å²) in [7, 11) is 1.50. The van der Waals surface area contributed by atoms with Gasteiger partial charge in [-0.25, -0.2) is 9.69 Å². The summed E-state index contributed by atoms with van der Waals surface area (Å²) in [6.45, 7) is 5.68. The third-order valence-corrected chi connectivity index (χ3v) is 7.59. The first-order chi connectivity index (χ1) is 20.2. The number of carbonyl (C=O) groups is 4. The Kier molecular flexibility index (Phi) is 8.38. The smallest absolute Gasteiger partial charge is 0.335 e. The number of hydrogen-bond donors (Lipinski definition) is 1. The van der Waals surface area contributed by atoms with E-state index < -0.39 is 17.8 Å². The average molecular weight is 568 g/mol. The van der Waals surface area contributed by atoms with Gasteiger partial charge in [-0.05, 0) is 97.8 Å². The molecule has 0 radical (unpaired) electrons. The Hall–Kier alpha value is -4.92. The summed E-state index contributed by atoms with van der Waals surface area (Å²) in [6.07, 6.45) is 4.68. The van der Waals surface area contributed by atoms with Crippen LogP contribution in [0.2, 0.25) is 0 Å². The molecule has 3 aromatic rings. The summed E-state index contributed by atoms with van der Waals surface area (Å²) in [6, 6.07) is 16.9. The molecule has 2 aliphatic rings.